The molecule has 3 aromatic rings. The number of nitrogens with zero attached hydrogens (tertiary/aromatic N) is 1. The van der Waals surface area contributed by atoms with Crippen molar-refractivity contribution in [2.75, 3.05) is 13.6 Å². The molecule has 0 spiro atoms. The average molecular weight is 265 g/mol. The Morgan fingerprint density at radius 2 is 2.15 bits per heavy atom. The van der Waals surface area contributed by atoms with Crippen LogP contribution in [0.3, 0.4) is 0 Å². The van der Waals surface area contributed by atoms with Gasteiger partial charge in [-0.25, -0.2) is 0 Å². The Labute approximate surface area is 119 Å². The SMILES string of the molecule is CNCCC(c1cccnc1)c1ccc2cc[nH]c2c1. The highest BCUT2D eigenvalue weighted by molar-refractivity contribution is 5.80. The van der Waals surface area contributed by atoms with Crippen molar-refractivity contribution in [1.29, 1.82) is 0 Å². The van der Waals surface area contributed by atoms with E-state index < -0.39 is 0 Å². The van der Waals surface area contributed by atoms with E-state index in [2.05, 4.69) is 45.6 Å². The minimum atomic E-state index is 0.379. The Morgan fingerprint density at radius 1 is 1.20 bits per heavy atom. The Bertz CT molecular complexity index is 673. The van der Waals surface area contributed by atoms with Gasteiger partial charge in [0.1, 0.15) is 0 Å². The number of pyridine rings is 1. The maximum Gasteiger partial charge on any atom is 0.0456 e. The van der Waals surface area contributed by atoms with Gasteiger partial charge in [0.15, 0.2) is 0 Å². The van der Waals surface area contributed by atoms with Gasteiger partial charge >= 0.3 is 0 Å². The largest absolute Gasteiger partial charge is 0.361 e. The molecule has 0 saturated heterocycles. The average Bonchev–Trinajstić information content (AvgIpc) is 2.96. The number of H-pyrrole nitrogens is 1. The van der Waals surface area contributed by atoms with Gasteiger partial charge < -0.3 is 10.3 Å². The lowest BCUT2D eigenvalue weighted by Gasteiger charge is -2.17. The number of aromatic amines is 1. The van der Waals surface area contributed by atoms with Gasteiger partial charge in [-0.15, -0.1) is 0 Å². The van der Waals surface area contributed by atoms with Crippen molar-refractivity contribution >= 4 is 10.9 Å². The van der Waals surface area contributed by atoms with E-state index in [0.29, 0.717) is 5.92 Å². The van der Waals surface area contributed by atoms with Crippen LogP contribution in [0.4, 0.5) is 0 Å². The molecule has 0 aliphatic rings. The normalized spacial score (nSPS) is 12.7. The molecule has 2 heterocycles. The molecule has 20 heavy (non-hydrogen) atoms. The molecule has 0 fully saturated rings. The molecular formula is C17H19N3. The molecule has 0 saturated carbocycles. The second kappa shape index (κ2) is 5.88. The van der Waals surface area contributed by atoms with Crippen LogP contribution in [-0.4, -0.2) is 23.6 Å². The molecule has 1 aromatic carbocycles. The molecule has 1 atom stereocenters. The van der Waals surface area contributed by atoms with Gasteiger partial charge in [-0.1, -0.05) is 18.2 Å². The second-order valence-corrected chi connectivity index (χ2v) is 5.06. The summed E-state index contributed by atoms with van der Waals surface area (Å²) in [5.74, 6) is 0.379. The fourth-order valence-corrected chi connectivity index (χ4v) is 2.68. The van der Waals surface area contributed by atoms with E-state index in [4.69, 9.17) is 0 Å². The lowest BCUT2D eigenvalue weighted by molar-refractivity contribution is 0.660. The van der Waals surface area contributed by atoms with Crippen LogP contribution >= 0.6 is 0 Å². The molecule has 0 bridgehead atoms. The zero-order valence-electron chi connectivity index (χ0n) is 11.6. The molecule has 2 N–H and O–H groups in total. The molecule has 3 nitrogen and oxygen atoms in total. The summed E-state index contributed by atoms with van der Waals surface area (Å²) in [6.07, 6.45) is 6.85. The van der Waals surface area contributed by atoms with Gasteiger partial charge in [0.05, 0.1) is 0 Å². The molecule has 0 aliphatic carbocycles. The minimum Gasteiger partial charge on any atom is -0.361 e. The Kier molecular flexibility index (Phi) is 3.79. The quantitative estimate of drug-likeness (QED) is 0.743. The van der Waals surface area contributed by atoms with E-state index in [0.717, 1.165) is 13.0 Å². The number of hydrogen-bond acceptors (Lipinski definition) is 2. The highest BCUT2D eigenvalue weighted by Gasteiger charge is 2.14. The third-order valence-electron chi connectivity index (χ3n) is 3.75. The van der Waals surface area contributed by atoms with Gasteiger partial charge in [0.25, 0.3) is 0 Å². The van der Waals surface area contributed by atoms with E-state index in [1.165, 1.54) is 22.0 Å². The summed E-state index contributed by atoms with van der Waals surface area (Å²) in [7, 11) is 1.99. The lowest BCUT2D eigenvalue weighted by atomic mass is 9.89. The Hall–Kier alpha value is -2.13. The van der Waals surface area contributed by atoms with E-state index in [-0.39, 0.29) is 0 Å². The zero-order chi connectivity index (χ0) is 13.8. The third kappa shape index (κ3) is 2.58. The molecule has 2 aromatic heterocycles. The number of hydrogen-bond donors (Lipinski definition) is 2. The van der Waals surface area contributed by atoms with Gasteiger partial charge in [0, 0.05) is 30.0 Å². The number of fused-ring (bicyclic) bond motifs is 1. The summed E-state index contributed by atoms with van der Waals surface area (Å²) in [4.78, 5) is 7.55. The number of rotatable bonds is 5. The molecule has 3 heteroatoms. The van der Waals surface area contributed by atoms with Crippen LogP contribution in [-0.2, 0) is 0 Å². The summed E-state index contributed by atoms with van der Waals surface area (Å²) in [5.41, 5.74) is 3.80. The minimum absolute atomic E-state index is 0.379. The van der Waals surface area contributed by atoms with E-state index in [9.17, 15) is 0 Å². The van der Waals surface area contributed by atoms with Crippen LogP contribution in [0.25, 0.3) is 10.9 Å². The Morgan fingerprint density at radius 3 is 2.95 bits per heavy atom. The lowest BCUT2D eigenvalue weighted by Crippen LogP contribution is -2.13. The van der Waals surface area contributed by atoms with Crippen molar-refractivity contribution in [3.63, 3.8) is 0 Å². The van der Waals surface area contributed by atoms with Crippen LogP contribution in [0.5, 0.6) is 0 Å². The zero-order valence-corrected chi connectivity index (χ0v) is 11.6. The van der Waals surface area contributed by atoms with Crippen molar-refractivity contribution in [3.8, 4) is 0 Å². The maximum atomic E-state index is 4.26. The molecule has 0 amide bonds. The van der Waals surface area contributed by atoms with Crippen molar-refractivity contribution in [2.45, 2.75) is 12.3 Å². The van der Waals surface area contributed by atoms with Crippen LogP contribution < -0.4 is 5.32 Å². The van der Waals surface area contributed by atoms with Crippen molar-refractivity contribution in [1.82, 2.24) is 15.3 Å². The summed E-state index contributed by atoms with van der Waals surface area (Å²) in [6.45, 7) is 0.988. The highest BCUT2D eigenvalue weighted by atomic mass is 14.8. The van der Waals surface area contributed by atoms with Gasteiger partial charge in [-0.05, 0) is 54.7 Å². The summed E-state index contributed by atoms with van der Waals surface area (Å²) in [5, 5.41) is 4.50. The van der Waals surface area contributed by atoms with Crippen LogP contribution in [0.1, 0.15) is 23.5 Å². The van der Waals surface area contributed by atoms with E-state index in [1.807, 2.05) is 31.7 Å². The first-order chi connectivity index (χ1) is 9.88. The number of benzene rings is 1. The van der Waals surface area contributed by atoms with Crippen LogP contribution in [0.2, 0.25) is 0 Å². The maximum absolute atomic E-state index is 4.26. The summed E-state index contributed by atoms with van der Waals surface area (Å²) in [6, 6.07) is 12.9. The smallest absolute Gasteiger partial charge is 0.0456 e. The van der Waals surface area contributed by atoms with Crippen LogP contribution in [0, 0.1) is 0 Å². The first-order valence-corrected chi connectivity index (χ1v) is 7.00. The first kappa shape index (κ1) is 12.9. The molecule has 3 rings (SSSR count). The van der Waals surface area contributed by atoms with Crippen molar-refractivity contribution in [3.05, 3.63) is 66.1 Å². The fourth-order valence-electron chi connectivity index (χ4n) is 2.68. The number of aromatic nitrogens is 2. The Balaban J connectivity index is 1.99. The summed E-state index contributed by atoms with van der Waals surface area (Å²) >= 11 is 0. The molecule has 102 valence electrons. The third-order valence-corrected chi connectivity index (χ3v) is 3.75. The predicted molar refractivity (Wildman–Crippen MR) is 82.9 cm³/mol. The molecular weight excluding hydrogens is 246 g/mol. The molecule has 0 radical (unpaired) electrons. The first-order valence-electron chi connectivity index (χ1n) is 7.00. The highest BCUT2D eigenvalue weighted by Crippen LogP contribution is 2.29. The number of nitrogens with one attached hydrogen (secondary N) is 2. The van der Waals surface area contributed by atoms with Crippen LogP contribution in [0.15, 0.2) is 55.0 Å². The van der Waals surface area contributed by atoms with Gasteiger partial charge in [-0.3, -0.25) is 4.98 Å². The predicted octanol–water partition coefficient (Wildman–Crippen LogP) is 3.30. The van der Waals surface area contributed by atoms with Crippen molar-refractivity contribution < 1.29 is 0 Å². The van der Waals surface area contributed by atoms with E-state index >= 15 is 0 Å². The van der Waals surface area contributed by atoms with Gasteiger partial charge in [-0.2, -0.15) is 0 Å². The monoisotopic (exact) mass is 265 g/mol. The van der Waals surface area contributed by atoms with E-state index in [1.54, 1.807) is 0 Å². The molecule has 0 aliphatic heterocycles. The molecule has 1 unspecified atom stereocenters. The standard InChI is InChI=1S/C17H19N3/c1-18-9-7-16(15-3-2-8-19-12-15)14-5-4-13-6-10-20-17(13)11-14/h2-6,8,10-12,16,18,20H,7,9H2,1H3. The fraction of sp³-hybridized carbons (Fsp3) is 0.235. The topological polar surface area (TPSA) is 40.7 Å². The summed E-state index contributed by atoms with van der Waals surface area (Å²) < 4.78 is 0. The van der Waals surface area contributed by atoms with Gasteiger partial charge in [0.2, 0.25) is 0 Å². The van der Waals surface area contributed by atoms with Crippen molar-refractivity contribution in [2.24, 2.45) is 0 Å². The second-order valence-electron chi connectivity index (χ2n) is 5.06.